The number of aryl methyl sites for hydroxylation is 1. The van der Waals surface area contributed by atoms with Gasteiger partial charge in [-0.2, -0.15) is 4.31 Å². The third kappa shape index (κ3) is 3.64. The van der Waals surface area contributed by atoms with Crippen LogP contribution in [0.4, 0.5) is 11.5 Å². The third-order valence-corrected chi connectivity index (χ3v) is 6.86. The second-order valence-corrected chi connectivity index (χ2v) is 8.77. The predicted octanol–water partition coefficient (Wildman–Crippen LogP) is 2.36. The molecule has 1 aliphatic rings. The van der Waals surface area contributed by atoms with Crippen molar-refractivity contribution in [2.45, 2.75) is 11.8 Å². The van der Waals surface area contributed by atoms with E-state index in [-0.39, 0.29) is 10.6 Å². The topological polar surface area (TPSA) is 110 Å². The van der Waals surface area contributed by atoms with Crippen molar-refractivity contribution in [2.24, 2.45) is 0 Å². The standard InChI is InChI=1S/C19H19N5O4S/c1-14-11-15-3-2-4-17(19(15)21-12-14)29(27,28)23-9-7-22(8-10-23)18-6-5-16(13-20-18)24(25)26/h2-6,11-13H,7-10H2,1H3. The lowest BCUT2D eigenvalue weighted by molar-refractivity contribution is -0.385. The van der Waals surface area contributed by atoms with Crippen LogP contribution in [0.3, 0.4) is 0 Å². The van der Waals surface area contributed by atoms with Crippen LogP contribution in [0, 0.1) is 17.0 Å². The Morgan fingerprint density at radius 1 is 1.03 bits per heavy atom. The number of aromatic nitrogens is 2. The van der Waals surface area contributed by atoms with Crippen LogP contribution >= 0.6 is 0 Å². The first-order chi connectivity index (χ1) is 13.9. The van der Waals surface area contributed by atoms with E-state index in [1.807, 2.05) is 24.0 Å². The van der Waals surface area contributed by atoms with Crippen LogP contribution in [-0.2, 0) is 10.0 Å². The van der Waals surface area contributed by atoms with Gasteiger partial charge in [-0.25, -0.2) is 13.4 Å². The van der Waals surface area contributed by atoms with E-state index in [1.54, 1.807) is 24.4 Å². The van der Waals surface area contributed by atoms with Gasteiger partial charge < -0.3 is 4.90 Å². The highest BCUT2D eigenvalue weighted by atomic mass is 32.2. The number of benzene rings is 1. The maximum atomic E-state index is 13.2. The summed E-state index contributed by atoms with van der Waals surface area (Å²) in [6.07, 6.45) is 2.88. The lowest BCUT2D eigenvalue weighted by Gasteiger charge is -2.34. The second-order valence-electron chi connectivity index (χ2n) is 6.86. The molecule has 9 nitrogen and oxygen atoms in total. The molecule has 29 heavy (non-hydrogen) atoms. The molecule has 0 radical (unpaired) electrons. The zero-order chi connectivity index (χ0) is 20.6. The summed E-state index contributed by atoms with van der Waals surface area (Å²) >= 11 is 0. The molecule has 0 spiro atoms. The molecule has 0 N–H and O–H groups in total. The van der Waals surface area contributed by atoms with Crippen LogP contribution in [-0.4, -0.2) is 53.8 Å². The Bertz CT molecular complexity index is 1170. The minimum Gasteiger partial charge on any atom is -0.354 e. The number of para-hydroxylation sites is 1. The largest absolute Gasteiger partial charge is 0.354 e. The van der Waals surface area contributed by atoms with Crippen molar-refractivity contribution >= 4 is 32.4 Å². The summed E-state index contributed by atoms with van der Waals surface area (Å²) in [5.74, 6) is 0.593. The van der Waals surface area contributed by atoms with Gasteiger partial charge in [-0.1, -0.05) is 12.1 Å². The minimum atomic E-state index is -3.69. The Morgan fingerprint density at radius 3 is 2.45 bits per heavy atom. The van der Waals surface area contributed by atoms with E-state index in [1.165, 1.54) is 16.6 Å². The number of pyridine rings is 2. The molecule has 2 aromatic heterocycles. The zero-order valence-corrected chi connectivity index (χ0v) is 16.5. The van der Waals surface area contributed by atoms with Crippen LogP contribution in [0.25, 0.3) is 10.9 Å². The van der Waals surface area contributed by atoms with Gasteiger partial charge in [0.05, 0.1) is 10.4 Å². The Kier molecular flexibility index (Phi) is 4.89. The number of fused-ring (bicyclic) bond motifs is 1. The summed E-state index contributed by atoms with van der Waals surface area (Å²) in [7, 11) is -3.69. The first kappa shape index (κ1) is 19.2. The molecular formula is C19H19N5O4S. The van der Waals surface area contributed by atoms with E-state index in [9.17, 15) is 18.5 Å². The van der Waals surface area contributed by atoms with E-state index >= 15 is 0 Å². The Morgan fingerprint density at radius 2 is 1.79 bits per heavy atom. The SMILES string of the molecule is Cc1cnc2c(S(=O)(=O)N3CCN(c4ccc([N+](=O)[O-])cn4)CC3)cccc2c1. The maximum absolute atomic E-state index is 13.2. The van der Waals surface area contributed by atoms with Gasteiger partial charge in [0.1, 0.15) is 16.9 Å². The van der Waals surface area contributed by atoms with Crippen LogP contribution in [0.5, 0.6) is 0 Å². The predicted molar refractivity (Wildman–Crippen MR) is 108 cm³/mol. The van der Waals surface area contributed by atoms with E-state index in [0.717, 1.165) is 10.9 Å². The first-order valence-electron chi connectivity index (χ1n) is 9.07. The van der Waals surface area contributed by atoms with Gasteiger partial charge in [0.2, 0.25) is 10.0 Å². The van der Waals surface area contributed by atoms with Gasteiger partial charge in [-0.15, -0.1) is 0 Å². The molecule has 10 heteroatoms. The first-order valence-corrected chi connectivity index (χ1v) is 10.5. The molecular weight excluding hydrogens is 394 g/mol. The highest BCUT2D eigenvalue weighted by Crippen LogP contribution is 2.26. The van der Waals surface area contributed by atoms with Crippen molar-refractivity contribution in [1.82, 2.24) is 14.3 Å². The summed E-state index contributed by atoms with van der Waals surface area (Å²) in [5.41, 5.74) is 1.36. The molecule has 0 aliphatic carbocycles. The molecule has 0 saturated carbocycles. The molecule has 0 unspecified atom stereocenters. The summed E-state index contributed by atoms with van der Waals surface area (Å²) in [5, 5.41) is 11.6. The van der Waals surface area contributed by atoms with Gasteiger partial charge in [-0.05, 0) is 30.7 Å². The normalized spacial score (nSPS) is 15.6. The van der Waals surface area contributed by atoms with Crippen molar-refractivity contribution in [3.8, 4) is 0 Å². The highest BCUT2D eigenvalue weighted by Gasteiger charge is 2.30. The average molecular weight is 413 g/mol. The molecule has 0 bridgehead atoms. The van der Waals surface area contributed by atoms with Gasteiger partial charge in [0, 0.05) is 43.8 Å². The van der Waals surface area contributed by atoms with Crippen molar-refractivity contribution in [3.63, 3.8) is 0 Å². The highest BCUT2D eigenvalue weighted by molar-refractivity contribution is 7.89. The van der Waals surface area contributed by atoms with Crippen molar-refractivity contribution in [2.75, 3.05) is 31.1 Å². The quantitative estimate of drug-likeness (QED) is 0.477. The second kappa shape index (κ2) is 7.37. The lowest BCUT2D eigenvalue weighted by atomic mass is 10.2. The molecule has 150 valence electrons. The van der Waals surface area contributed by atoms with Crippen LogP contribution in [0.15, 0.2) is 53.7 Å². The van der Waals surface area contributed by atoms with Gasteiger partial charge in [0.15, 0.2) is 0 Å². The number of rotatable bonds is 4. The maximum Gasteiger partial charge on any atom is 0.287 e. The van der Waals surface area contributed by atoms with E-state index in [0.29, 0.717) is 37.5 Å². The molecule has 0 atom stereocenters. The molecule has 0 amide bonds. The van der Waals surface area contributed by atoms with Crippen LogP contribution < -0.4 is 4.90 Å². The zero-order valence-electron chi connectivity index (χ0n) is 15.7. The fraction of sp³-hybridized carbons (Fsp3) is 0.263. The minimum absolute atomic E-state index is 0.0753. The fourth-order valence-corrected chi connectivity index (χ4v) is 5.01. The number of nitrogens with zero attached hydrogens (tertiary/aromatic N) is 5. The third-order valence-electron chi connectivity index (χ3n) is 4.93. The molecule has 1 fully saturated rings. The van der Waals surface area contributed by atoms with Crippen molar-refractivity contribution in [1.29, 1.82) is 0 Å². The van der Waals surface area contributed by atoms with Gasteiger partial charge in [-0.3, -0.25) is 15.1 Å². The molecule has 1 aromatic carbocycles. The summed E-state index contributed by atoms with van der Waals surface area (Å²) in [6.45, 7) is 3.40. The number of nitro groups is 1. The van der Waals surface area contributed by atoms with Gasteiger partial charge >= 0.3 is 0 Å². The number of anilines is 1. The summed E-state index contributed by atoms with van der Waals surface area (Å²) in [4.78, 5) is 20.9. The monoisotopic (exact) mass is 413 g/mol. The molecule has 4 rings (SSSR count). The summed E-state index contributed by atoms with van der Waals surface area (Å²) < 4.78 is 27.9. The number of hydrogen-bond acceptors (Lipinski definition) is 7. The van der Waals surface area contributed by atoms with Crippen LogP contribution in [0.2, 0.25) is 0 Å². The van der Waals surface area contributed by atoms with E-state index < -0.39 is 14.9 Å². The number of hydrogen-bond donors (Lipinski definition) is 0. The number of piperazine rings is 1. The summed E-state index contributed by atoms with van der Waals surface area (Å²) in [6, 6.07) is 10.1. The fourth-order valence-electron chi connectivity index (χ4n) is 3.42. The Labute approximate surface area is 167 Å². The van der Waals surface area contributed by atoms with Crippen molar-refractivity contribution in [3.05, 3.63) is 64.5 Å². The molecule has 3 heterocycles. The smallest absolute Gasteiger partial charge is 0.287 e. The van der Waals surface area contributed by atoms with Gasteiger partial charge in [0.25, 0.3) is 5.69 Å². The molecule has 1 aliphatic heterocycles. The van der Waals surface area contributed by atoms with E-state index in [4.69, 9.17) is 0 Å². The lowest BCUT2D eigenvalue weighted by Crippen LogP contribution is -2.49. The Balaban J connectivity index is 1.54. The average Bonchev–Trinajstić information content (AvgIpc) is 2.73. The number of sulfonamides is 1. The Hall–Kier alpha value is -3.11. The van der Waals surface area contributed by atoms with E-state index in [2.05, 4.69) is 9.97 Å². The molecule has 3 aromatic rings. The molecule has 1 saturated heterocycles. The van der Waals surface area contributed by atoms with Crippen molar-refractivity contribution < 1.29 is 13.3 Å². The van der Waals surface area contributed by atoms with Crippen LogP contribution in [0.1, 0.15) is 5.56 Å².